The maximum absolute atomic E-state index is 13.3. The van der Waals surface area contributed by atoms with E-state index in [9.17, 15) is 9.18 Å². The third-order valence-electron chi connectivity index (χ3n) is 1.77. The van der Waals surface area contributed by atoms with Crippen molar-refractivity contribution in [1.29, 1.82) is 5.26 Å². The highest BCUT2D eigenvalue weighted by atomic mass is 32.2. The molecule has 0 aliphatic heterocycles. The molecule has 1 aromatic carbocycles. The summed E-state index contributed by atoms with van der Waals surface area (Å²) in [6, 6.07) is 3.49. The van der Waals surface area contributed by atoms with E-state index in [1.54, 1.807) is 12.4 Å². The van der Waals surface area contributed by atoms with Gasteiger partial charge in [-0.1, -0.05) is 11.8 Å². The van der Waals surface area contributed by atoms with Crippen LogP contribution in [0.3, 0.4) is 0 Å². The molecule has 0 aromatic heterocycles. The lowest BCUT2D eigenvalue weighted by Crippen LogP contribution is -2.12. The minimum absolute atomic E-state index is 0.236. The second kappa shape index (κ2) is 5.86. The van der Waals surface area contributed by atoms with Crippen LogP contribution in [0.2, 0.25) is 0 Å². The number of thioether (sulfide) groups is 1. The van der Waals surface area contributed by atoms with Gasteiger partial charge in [0, 0.05) is 6.07 Å². The average Bonchev–Trinajstić information content (AvgIpc) is 2.28. The second-order valence-corrected chi connectivity index (χ2v) is 3.62. The molecule has 5 nitrogen and oxygen atoms in total. The van der Waals surface area contributed by atoms with Crippen LogP contribution in [0.25, 0.3) is 0 Å². The number of carboxylic acid groups (broad SMARTS) is 1. The number of carbonyl (C=O) groups is 1. The summed E-state index contributed by atoms with van der Waals surface area (Å²) in [5, 5.41) is 19.7. The van der Waals surface area contributed by atoms with Crippen LogP contribution in [0, 0.1) is 17.3 Å². The van der Waals surface area contributed by atoms with Gasteiger partial charge in [0.1, 0.15) is 5.82 Å². The van der Waals surface area contributed by atoms with Crippen LogP contribution in [0.4, 0.5) is 10.1 Å². The minimum Gasteiger partial charge on any atom is -0.478 e. The van der Waals surface area contributed by atoms with Crippen molar-refractivity contribution in [2.24, 2.45) is 4.99 Å². The van der Waals surface area contributed by atoms with Crippen LogP contribution in [0.15, 0.2) is 23.2 Å². The van der Waals surface area contributed by atoms with Gasteiger partial charge in [-0.3, -0.25) is 5.32 Å². The maximum atomic E-state index is 13.3. The van der Waals surface area contributed by atoms with E-state index in [2.05, 4.69) is 10.3 Å². The molecular formula is C10H8FN3O2S. The number of hydrogen-bond donors (Lipinski definition) is 2. The SMILES string of the molecule is CSC(=Nc1ccc(C(=O)O)c(F)c1)NC#N. The number of aliphatic imine (C=N–C) groups is 1. The number of carboxylic acids is 1. The first-order valence-corrected chi connectivity index (χ1v) is 5.61. The lowest BCUT2D eigenvalue weighted by molar-refractivity contribution is 0.0692. The number of halogens is 1. The zero-order valence-corrected chi connectivity index (χ0v) is 9.58. The number of nitriles is 1. The van der Waals surface area contributed by atoms with Crippen LogP contribution < -0.4 is 5.32 Å². The largest absolute Gasteiger partial charge is 0.478 e. The number of benzene rings is 1. The summed E-state index contributed by atoms with van der Waals surface area (Å²) in [6.07, 6.45) is 3.39. The van der Waals surface area contributed by atoms with Crippen molar-refractivity contribution in [3.63, 3.8) is 0 Å². The second-order valence-electron chi connectivity index (χ2n) is 2.83. The van der Waals surface area contributed by atoms with E-state index in [-0.39, 0.29) is 5.69 Å². The van der Waals surface area contributed by atoms with Crippen molar-refractivity contribution in [1.82, 2.24) is 5.32 Å². The van der Waals surface area contributed by atoms with Gasteiger partial charge in [-0.15, -0.1) is 0 Å². The third kappa shape index (κ3) is 3.46. The van der Waals surface area contributed by atoms with Crippen molar-refractivity contribution >= 4 is 28.6 Å². The van der Waals surface area contributed by atoms with Crippen molar-refractivity contribution < 1.29 is 14.3 Å². The number of rotatable bonds is 2. The summed E-state index contributed by atoms with van der Waals surface area (Å²) >= 11 is 1.18. The molecular weight excluding hydrogens is 245 g/mol. The molecule has 0 bridgehead atoms. The summed E-state index contributed by atoms with van der Waals surface area (Å²) in [6.45, 7) is 0. The van der Waals surface area contributed by atoms with Gasteiger partial charge in [0.2, 0.25) is 0 Å². The fourth-order valence-electron chi connectivity index (χ4n) is 1.04. The Morgan fingerprint density at radius 3 is 2.82 bits per heavy atom. The molecule has 0 heterocycles. The van der Waals surface area contributed by atoms with E-state index in [1.165, 1.54) is 17.8 Å². The zero-order valence-electron chi connectivity index (χ0n) is 8.77. The quantitative estimate of drug-likeness (QED) is 0.364. The summed E-state index contributed by atoms with van der Waals surface area (Å²) in [7, 11) is 0. The molecule has 0 saturated carbocycles. The lowest BCUT2D eigenvalue weighted by Gasteiger charge is -2.01. The number of aromatic carboxylic acids is 1. The van der Waals surface area contributed by atoms with Gasteiger partial charge in [0.15, 0.2) is 11.4 Å². The highest BCUT2D eigenvalue weighted by molar-refractivity contribution is 8.13. The fourth-order valence-corrected chi connectivity index (χ4v) is 1.38. The lowest BCUT2D eigenvalue weighted by atomic mass is 10.2. The normalized spacial score (nSPS) is 10.8. The van der Waals surface area contributed by atoms with Gasteiger partial charge in [0.05, 0.1) is 11.3 Å². The van der Waals surface area contributed by atoms with Crippen LogP contribution in [0.1, 0.15) is 10.4 Å². The topological polar surface area (TPSA) is 85.5 Å². The van der Waals surface area contributed by atoms with Gasteiger partial charge in [-0.05, 0) is 18.4 Å². The summed E-state index contributed by atoms with van der Waals surface area (Å²) in [4.78, 5) is 14.5. The monoisotopic (exact) mass is 253 g/mol. The highest BCUT2D eigenvalue weighted by Crippen LogP contribution is 2.18. The third-order valence-corrected chi connectivity index (χ3v) is 2.35. The first kappa shape index (κ1) is 13.0. The first-order valence-electron chi connectivity index (χ1n) is 4.39. The average molecular weight is 253 g/mol. The van der Waals surface area contributed by atoms with Crippen molar-refractivity contribution in [2.75, 3.05) is 6.26 Å². The molecule has 0 spiro atoms. The van der Waals surface area contributed by atoms with Crippen LogP contribution in [-0.2, 0) is 0 Å². The van der Waals surface area contributed by atoms with Crippen molar-refractivity contribution in [3.05, 3.63) is 29.6 Å². The van der Waals surface area contributed by atoms with Crippen molar-refractivity contribution in [3.8, 4) is 6.19 Å². The molecule has 0 unspecified atom stereocenters. The molecule has 7 heteroatoms. The Kier molecular flexibility index (Phi) is 4.48. The summed E-state index contributed by atoms with van der Waals surface area (Å²) in [5.74, 6) is -2.20. The Bertz CT molecular complexity index is 511. The van der Waals surface area contributed by atoms with E-state index in [4.69, 9.17) is 10.4 Å². The van der Waals surface area contributed by atoms with E-state index < -0.39 is 17.3 Å². The molecule has 2 N–H and O–H groups in total. The Morgan fingerprint density at radius 2 is 2.35 bits per heavy atom. The Morgan fingerprint density at radius 1 is 1.65 bits per heavy atom. The molecule has 0 fully saturated rings. The van der Waals surface area contributed by atoms with E-state index in [0.29, 0.717) is 5.17 Å². The fraction of sp³-hybridized carbons (Fsp3) is 0.100. The van der Waals surface area contributed by atoms with E-state index in [0.717, 1.165) is 12.1 Å². The predicted octanol–water partition coefficient (Wildman–Crippen LogP) is 1.95. The Balaban J connectivity index is 3.06. The van der Waals surface area contributed by atoms with Crippen LogP contribution >= 0.6 is 11.8 Å². The molecule has 0 aliphatic carbocycles. The highest BCUT2D eigenvalue weighted by Gasteiger charge is 2.10. The first-order chi connectivity index (χ1) is 8.08. The molecule has 0 atom stereocenters. The molecule has 0 amide bonds. The summed E-state index contributed by atoms with van der Waals surface area (Å²) < 4.78 is 13.3. The van der Waals surface area contributed by atoms with Crippen LogP contribution in [-0.4, -0.2) is 22.5 Å². The van der Waals surface area contributed by atoms with Gasteiger partial charge >= 0.3 is 5.97 Å². The number of amidine groups is 1. The minimum atomic E-state index is -1.33. The molecule has 1 rings (SSSR count). The van der Waals surface area contributed by atoms with Gasteiger partial charge in [-0.25, -0.2) is 14.2 Å². The van der Waals surface area contributed by atoms with Crippen molar-refractivity contribution in [2.45, 2.75) is 0 Å². The molecule has 88 valence electrons. The van der Waals surface area contributed by atoms with Gasteiger partial charge in [-0.2, -0.15) is 5.26 Å². The smallest absolute Gasteiger partial charge is 0.338 e. The molecule has 1 aromatic rings. The van der Waals surface area contributed by atoms with Crippen LogP contribution in [0.5, 0.6) is 0 Å². The standard InChI is InChI=1S/C10H8FN3O2S/c1-17-10(13-5-12)14-6-2-3-7(9(15)16)8(11)4-6/h2-4H,1H3,(H,13,14)(H,15,16). The maximum Gasteiger partial charge on any atom is 0.338 e. The predicted molar refractivity (Wildman–Crippen MR) is 62.7 cm³/mol. The van der Waals surface area contributed by atoms with Gasteiger partial charge in [0.25, 0.3) is 0 Å². The van der Waals surface area contributed by atoms with E-state index >= 15 is 0 Å². The molecule has 17 heavy (non-hydrogen) atoms. The number of hydrogen-bond acceptors (Lipinski definition) is 4. The number of nitrogens with one attached hydrogen (secondary N) is 1. The number of nitrogens with zero attached hydrogens (tertiary/aromatic N) is 2. The molecule has 0 radical (unpaired) electrons. The Hall–Kier alpha value is -2.07. The van der Waals surface area contributed by atoms with Gasteiger partial charge < -0.3 is 5.11 Å². The molecule has 0 saturated heterocycles. The summed E-state index contributed by atoms with van der Waals surface area (Å²) in [5.41, 5.74) is -0.178. The molecule has 0 aliphatic rings. The zero-order chi connectivity index (χ0) is 12.8. The van der Waals surface area contributed by atoms with E-state index in [1.807, 2.05) is 0 Å². The Labute approximate surface area is 101 Å².